The molecule has 27 heavy (non-hydrogen) atoms. The van der Waals surface area contributed by atoms with Crippen molar-refractivity contribution >= 4 is 5.82 Å². The summed E-state index contributed by atoms with van der Waals surface area (Å²) in [6, 6.07) is 24.1. The molecule has 2 aromatic heterocycles. The molecular weight excluding hydrogens is 336 g/mol. The summed E-state index contributed by atoms with van der Waals surface area (Å²) in [5.41, 5.74) is 3.09. The maximum Gasteiger partial charge on any atom is 0.259 e. The van der Waals surface area contributed by atoms with Gasteiger partial charge in [0, 0.05) is 18.3 Å². The Labute approximate surface area is 158 Å². The topological polar surface area (TPSA) is 63.8 Å². The van der Waals surface area contributed by atoms with Gasteiger partial charge >= 0.3 is 0 Å². The summed E-state index contributed by atoms with van der Waals surface area (Å²) >= 11 is 0. The van der Waals surface area contributed by atoms with E-state index >= 15 is 0 Å². The highest BCUT2D eigenvalue weighted by Crippen LogP contribution is 2.22. The Hall–Kier alpha value is -3.47. The summed E-state index contributed by atoms with van der Waals surface area (Å²) in [7, 11) is 0. The minimum absolute atomic E-state index is 0.469. The Kier molecular flexibility index (Phi) is 5.20. The van der Waals surface area contributed by atoms with Crippen LogP contribution in [0.15, 0.2) is 83.5 Å². The molecule has 1 N–H and O–H groups in total. The molecule has 0 amide bonds. The zero-order valence-electron chi connectivity index (χ0n) is 14.9. The quantitative estimate of drug-likeness (QED) is 0.480. The molecule has 0 unspecified atom stereocenters. The molecule has 0 aliphatic rings. The van der Waals surface area contributed by atoms with Crippen molar-refractivity contribution in [3.63, 3.8) is 0 Å². The van der Waals surface area contributed by atoms with Crippen LogP contribution in [0.5, 0.6) is 0 Å². The van der Waals surface area contributed by atoms with E-state index in [4.69, 9.17) is 4.52 Å². The normalized spacial score (nSPS) is 10.7. The van der Waals surface area contributed by atoms with Gasteiger partial charge in [-0.1, -0.05) is 65.8 Å². The van der Waals surface area contributed by atoms with Crippen LogP contribution in [0.25, 0.3) is 22.8 Å². The van der Waals surface area contributed by atoms with Gasteiger partial charge in [-0.25, -0.2) is 4.98 Å². The highest BCUT2D eigenvalue weighted by molar-refractivity contribution is 5.59. The van der Waals surface area contributed by atoms with E-state index in [9.17, 15) is 0 Å². The molecule has 4 aromatic rings. The fourth-order valence-corrected chi connectivity index (χ4v) is 2.82. The van der Waals surface area contributed by atoms with Crippen molar-refractivity contribution in [2.24, 2.45) is 0 Å². The number of nitrogens with one attached hydrogen (secondary N) is 1. The average molecular weight is 356 g/mol. The lowest BCUT2D eigenvalue weighted by Crippen LogP contribution is -2.04. The molecule has 2 heterocycles. The number of anilines is 1. The van der Waals surface area contributed by atoms with Crippen molar-refractivity contribution < 1.29 is 4.52 Å². The zero-order valence-corrected chi connectivity index (χ0v) is 14.9. The molecule has 0 aliphatic heterocycles. The maximum absolute atomic E-state index is 5.37. The first-order valence-corrected chi connectivity index (χ1v) is 9.02. The van der Waals surface area contributed by atoms with Crippen LogP contribution < -0.4 is 5.32 Å². The van der Waals surface area contributed by atoms with Crippen molar-refractivity contribution in [1.29, 1.82) is 0 Å². The number of aryl methyl sites for hydroxylation is 1. The summed E-state index contributed by atoms with van der Waals surface area (Å²) in [6.07, 6.45) is 3.86. The third-order valence-electron chi connectivity index (χ3n) is 4.26. The fraction of sp³-hybridized carbons (Fsp3) is 0.136. The first-order valence-electron chi connectivity index (χ1n) is 9.02. The largest absolute Gasteiger partial charge is 0.370 e. The number of hydrogen-bond donors (Lipinski definition) is 1. The second kappa shape index (κ2) is 8.27. The first kappa shape index (κ1) is 17.0. The number of aromatic nitrogens is 3. The summed E-state index contributed by atoms with van der Waals surface area (Å²) < 4.78 is 5.37. The summed E-state index contributed by atoms with van der Waals surface area (Å²) in [6.45, 7) is 0.875. The van der Waals surface area contributed by atoms with E-state index in [0.717, 1.165) is 36.3 Å². The van der Waals surface area contributed by atoms with Crippen LogP contribution >= 0.6 is 0 Å². The highest BCUT2D eigenvalue weighted by Gasteiger charge is 2.10. The van der Waals surface area contributed by atoms with Crippen LogP contribution in [-0.4, -0.2) is 21.7 Å². The molecule has 0 fully saturated rings. The first-order chi connectivity index (χ1) is 13.4. The van der Waals surface area contributed by atoms with E-state index in [0.29, 0.717) is 11.7 Å². The van der Waals surface area contributed by atoms with Gasteiger partial charge in [0.15, 0.2) is 0 Å². The van der Waals surface area contributed by atoms with Gasteiger partial charge in [-0.05, 0) is 30.5 Å². The highest BCUT2D eigenvalue weighted by atomic mass is 16.5. The summed E-state index contributed by atoms with van der Waals surface area (Å²) in [4.78, 5) is 8.89. The van der Waals surface area contributed by atoms with Crippen LogP contribution in [0.1, 0.15) is 12.0 Å². The Morgan fingerprint density at radius 1 is 0.815 bits per heavy atom. The minimum atomic E-state index is 0.469. The van der Waals surface area contributed by atoms with E-state index in [-0.39, 0.29) is 0 Å². The van der Waals surface area contributed by atoms with Crippen molar-refractivity contribution in [3.05, 3.63) is 84.6 Å². The Morgan fingerprint density at radius 2 is 1.59 bits per heavy atom. The number of pyridine rings is 1. The van der Waals surface area contributed by atoms with Gasteiger partial charge in [-0.15, -0.1) is 0 Å². The molecule has 0 atom stereocenters. The lowest BCUT2D eigenvalue weighted by atomic mass is 10.1. The second-order valence-electron chi connectivity index (χ2n) is 6.24. The van der Waals surface area contributed by atoms with Gasteiger partial charge in [0.1, 0.15) is 5.82 Å². The standard InChI is InChI=1S/C22H20N4O/c1-3-8-17(9-4-1)10-7-15-23-20-14-13-19(16-24-20)22-25-21(26-27-22)18-11-5-2-6-12-18/h1-6,8-9,11-14,16H,7,10,15H2,(H,23,24). The fourth-order valence-electron chi connectivity index (χ4n) is 2.82. The van der Waals surface area contributed by atoms with Crippen LogP contribution in [0.4, 0.5) is 5.82 Å². The van der Waals surface area contributed by atoms with E-state index in [2.05, 4.69) is 44.7 Å². The van der Waals surface area contributed by atoms with Crippen molar-refractivity contribution in [2.45, 2.75) is 12.8 Å². The van der Waals surface area contributed by atoms with Gasteiger partial charge in [0.2, 0.25) is 5.82 Å². The third-order valence-corrected chi connectivity index (χ3v) is 4.26. The van der Waals surface area contributed by atoms with Gasteiger partial charge < -0.3 is 9.84 Å². The molecule has 0 saturated heterocycles. The van der Waals surface area contributed by atoms with Gasteiger partial charge in [-0.2, -0.15) is 4.98 Å². The van der Waals surface area contributed by atoms with E-state index < -0.39 is 0 Å². The number of rotatable bonds is 7. The van der Waals surface area contributed by atoms with E-state index in [1.807, 2.05) is 48.5 Å². The molecule has 2 aromatic carbocycles. The summed E-state index contributed by atoms with van der Waals surface area (Å²) in [5.74, 6) is 1.89. The van der Waals surface area contributed by atoms with Gasteiger partial charge in [0.05, 0.1) is 5.56 Å². The monoisotopic (exact) mass is 356 g/mol. The molecule has 0 saturated carbocycles. The number of benzene rings is 2. The van der Waals surface area contributed by atoms with Crippen LogP contribution in [0.3, 0.4) is 0 Å². The molecule has 5 nitrogen and oxygen atoms in total. The third kappa shape index (κ3) is 4.39. The van der Waals surface area contributed by atoms with Crippen molar-refractivity contribution in [2.75, 3.05) is 11.9 Å². The maximum atomic E-state index is 5.37. The molecule has 0 spiro atoms. The van der Waals surface area contributed by atoms with Crippen LogP contribution in [0.2, 0.25) is 0 Å². The lowest BCUT2D eigenvalue weighted by Gasteiger charge is -2.06. The van der Waals surface area contributed by atoms with Crippen LogP contribution in [-0.2, 0) is 6.42 Å². The minimum Gasteiger partial charge on any atom is -0.370 e. The predicted octanol–water partition coefficient (Wildman–Crippen LogP) is 4.84. The van der Waals surface area contributed by atoms with Gasteiger partial charge in [-0.3, -0.25) is 0 Å². The summed E-state index contributed by atoms with van der Waals surface area (Å²) in [5, 5.41) is 7.39. The molecule has 0 aliphatic carbocycles. The molecule has 0 bridgehead atoms. The Bertz CT molecular complexity index is 966. The van der Waals surface area contributed by atoms with Crippen molar-refractivity contribution in [3.8, 4) is 22.8 Å². The Morgan fingerprint density at radius 3 is 2.33 bits per heavy atom. The molecule has 5 heteroatoms. The lowest BCUT2D eigenvalue weighted by molar-refractivity contribution is 0.432. The Balaban J connectivity index is 1.33. The van der Waals surface area contributed by atoms with E-state index in [1.54, 1.807) is 6.20 Å². The molecule has 4 rings (SSSR count). The van der Waals surface area contributed by atoms with Gasteiger partial charge in [0.25, 0.3) is 5.89 Å². The SMILES string of the molecule is c1ccc(CCCNc2ccc(-c3nc(-c4ccccc4)no3)cn2)cc1. The van der Waals surface area contributed by atoms with Crippen LogP contribution in [0, 0.1) is 0 Å². The van der Waals surface area contributed by atoms with E-state index in [1.165, 1.54) is 5.56 Å². The average Bonchev–Trinajstić information content (AvgIpc) is 3.23. The molecule has 134 valence electrons. The molecular formula is C22H20N4O. The second-order valence-corrected chi connectivity index (χ2v) is 6.24. The smallest absolute Gasteiger partial charge is 0.259 e. The zero-order chi connectivity index (χ0) is 18.3. The molecule has 0 radical (unpaired) electrons. The number of nitrogens with zero attached hydrogens (tertiary/aromatic N) is 3. The predicted molar refractivity (Wildman–Crippen MR) is 106 cm³/mol. The van der Waals surface area contributed by atoms with Crippen molar-refractivity contribution in [1.82, 2.24) is 15.1 Å². The number of hydrogen-bond acceptors (Lipinski definition) is 5.